The van der Waals surface area contributed by atoms with Crippen LogP contribution in [0.15, 0.2) is 18.2 Å². The average Bonchev–Trinajstić information content (AvgIpc) is 2.25. The molecule has 1 aromatic rings. The standard InChI is InChI=1S/C11H11ClN2O2/c1-7-2-3-8(12)9(4-7)14-6-10(15)13-5-11(14)16/h2-4H,5-6H2,1H3,(H,13,15). The second kappa shape index (κ2) is 4.14. The fraction of sp³-hybridized carbons (Fsp3) is 0.273. The SMILES string of the molecule is Cc1ccc(Cl)c(N2CC(=O)NCC2=O)c1. The third kappa shape index (κ3) is 2.02. The summed E-state index contributed by atoms with van der Waals surface area (Å²) in [6.07, 6.45) is 0. The van der Waals surface area contributed by atoms with Gasteiger partial charge in [-0.05, 0) is 24.6 Å². The summed E-state index contributed by atoms with van der Waals surface area (Å²) in [6, 6.07) is 5.39. The van der Waals surface area contributed by atoms with E-state index >= 15 is 0 Å². The van der Waals surface area contributed by atoms with E-state index < -0.39 is 0 Å². The van der Waals surface area contributed by atoms with E-state index in [9.17, 15) is 9.59 Å². The van der Waals surface area contributed by atoms with Crippen molar-refractivity contribution in [3.8, 4) is 0 Å². The number of nitrogens with zero attached hydrogens (tertiary/aromatic N) is 1. The highest BCUT2D eigenvalue weighted by Gasteiger charge is 2.25. The lowest BCUT2D eigenvalue weighted by molar-refractivity contribution is -0.128. The predicted octanol–water partition coefficient (Wildman–Crippen LogP) is 1.11. The topological polar surface area (TPSA) is 49.4 Å². The maximum Gasteiger partial charge on any atom is 0.246 e. The molecule has 0 atom stereocenters. The molecule has 1 N–H and O–H groups in total. The highest BCUT2D eigenvalue weighted by Crippen LogP contribution is 2.27. The molecule has 0 aliphatic carbocycles. The molecule has 1 aliphatic rings. The molecule has 0 spiro atoms. The fourth-order valence-electron chi connectivity index (χ4n) is 1.61. The number of benzene rings is 1. The summed E-state index contributed by atoms with van der Waals surface area (Å²) in [5.74, 6) is -0.315. The number of rotatable bonds is 1. The minimum Gasteiger partial charge on any atom is -0.345 e. The number of carbonyl (C=O) groups is 2. The second-order valence-electron chi connectivity index (χ2n) is 3.71. The largest absolute Gasteiger partial charge is 0.345 e. The maximum absolute atomic E-state index is 11.7. The Labute approximate surface area is 98.2 Å². The highest BCUT2D eigenvalue weighted by atomic mass is 35.5. The van der Waals surface area contributed by atoms with Crippen LogP contribution in [0.5, 0.6) is 0 Å². The van der Waals surface area contributed by atoms with E-state index in [4.69, 9.17) is 11.6 Å². The van der Waals surface area contributed by atoms with Gasteiger partial charge in [-0.3, -0.25) is 14.5 Å². The molecular weight excluding hydrogens is 228 g/mol. The Hall–Kier alpha value is -1.55. The molecule has 16 heavy (non-hydrogen) atoms. The van der Waals surface area contributed by atoms with Crippen LogP contribution in [-0.4, -0.2) is 24.9 Å². The number of halogens is 1. The Balaban J connectivity index is 2.38. The summed E-state index contributed by atoms with van der Waals surface area (Å²) < 4.78 is 0. The number of aryl methyl sites for hydroxylation is 1. The molecule has 2 amide bonds. The molecule has 1 heterocycles. The Morgan fingerprint density at radius 1 is 1.38 bits per heavy atom. The van der Waals surface area contributed by atoms with Crippen molar-refractivity contribution in [3.05, 3.63) is 28.8 Å². The van der Waals surface area contributed by atoms with Crippen LogP contribution in [0.4, 0.5) is 5.69 Å². The monoisotopic (exact) mass is 238 g/mol. The van der Waals surface area contributed by atoms with E-state index in [0.29, 0.717) is 10.7 Å². The molecule has 1 aromatic carbocycles. The Kier molecular flexibility index (Phi) is 2.83. The van der Waals surface area contributed by atoms with E-state index in [0.717, 1.165) is 5.56 Å². The predicted molar refractivity (Wildman–Crippen MR) is 61.6 cm³/mol. The van der Waals surface area contributed by atoms with Gasteiger partial charge in [0, 0.05) is 0 Å². The van der Waals surface area contributed by atoms with Crippen molar-refractivity contribution in [2.75, 3.05) is 18.0 Å². The molecule has 0 saturated carbocycles. The Morgan fingerprint density at radius 3 is 2.88 bits per heavy atom. The van der Waals surface area contributed by atoms with Gasteiger partial charge < -0.3 is 5.32 Å². The summed E-state index contributed by atoms with van der Waals surface area (Å²) in [5, 5.41) is 2.97. The van der Waals surface area contributed by atoms with Gasteiger partial charge in [-0.2, -0.15) is 0 Å². The van der Waals surface area contributed by atoms with Gasteiger partial charge in [-0.15, -0.1) is 0 Å². The molecule has 5 heteroatoms. The minimum atomic E-state index is -0.169. The number of piperazine rings is 1. The van der Waals surface area contributed by atoms with Crippen molar-refractivity contribution in [1.29, 1.82) is 0 Å². The van der Waals surface area contributed by atoms with Crippen molar-refractivity contribution in [1.82, 2.24) is 5.32 Å². The number of nitrogens with one attached hydrogen (secondary N) is 1. The summed E-state index contributed by atoms with van der Waals surface area (Å²) in [5.41, 5.74) is 1.60. The molecule has 1 aliphatic heterocycles. The third-order valence-corrected chi connectivity index (χ3v) is 2.75. The van der Waals surface area contributed by atoms with Crippen LogP contribution in [0.3, 0.4) is 0 Å². The number of amides is 2. The van der Waals surface area contributed by atoms with E-state index in [-0.39, 0.29) is 24.9 Å². The summed E-state index contributed by atoms with van der Waals surface area (Å²) in [6.45, 7) is 1.97. The van der Waals surface area contributed by atoms with Gasteiger partial charge in [0.2, 0.25) is 11.8 Å². The molecule has 1 fully saturated rings. The van der Waals surface area contributed by atoms with E-state index in [1.54, 1.807) is 12.1 Å². The zero-order valence-electron chi connectivity index (χ0n) is 8.79. The first-order valence-electron chi connectivity index (χ1n) is 4.91. The second-order valence-corrected chi connectivity index (χ2v) is 4.12. The first-order valence-corrected chi connectivity index (χ1v) is 5.29. The van der Waals surface area contributed by atoms with Crippen molar-refractivity contribution in [2.45, 2.75) is 6.92 Å². The molecular formula is C11H11ClN2O2. The van der Waals surface area contributed by atoms with Crippen LogP contribution in [0.25, 0.3) is 0 Å². The van der Waals surface area contributed by atoms with Crippen molar-refractivity contribution < 1.29 is 9.59 Å². The van der Waals surface area contributed by atoms with Gasteiger partial charge in [-0.1, -0.05) is 17.7 Å². The van der Waals surface area contributed by atoms with Gasteiger partial charge in [-0.25, -0.2) is 0 Å². The number of carbonyl (C=O) groups excluding carboxylic acids is 2. The van der Waals surface area contributed by atoms with Crippen molar-refractivity contribution in [3.63, 3.8) is 0 Å². The summed E-state index contributed by atoms with van der Waals surface area (Å²) in [4.78, 5) is 24.3. The minimum absolute atomic E-state index is 0.0298. The molecule has 2 rings (SSSR count). The Bertz CT molecular complexity index is 459. The molecule has 0 unspecified atom stereocenters. The number of hydrogen-bond acceptors (Lipinski definition) is 2. The lowest BCUT2D eigenvalue weighted by Crippen LogP contribution is -2.51. The van der Waals surface area contributed by atoms with Crippen LogP contribution in [-0.2, 0) is 9.59 Å². The molecule has 0 radical (unpaired) electrons. The maximum atomic E-state index is 11.7. The molecule has 0 aromatic heterocycles. The molecule has 0 bridgehead atoms. The van der Waals surface area contributed by atoms with E-state index in [1.807, 2.05) is 13.0 Å². The van der Waals surface area contributed by atoms with Gasteiger partial charge in [0.15, 0.2) is 0 Å². The van der Waals surface area contributed by atoms with Crippen LogP contribution in [0.1, 0.15) is 5.56 Å². The zero-order valence-corrected chi connectivity index (χ0v) is 9.54. The van der Waals surface area contributed by atoms with Crippen molar-refractivity contribution >= 4 is 29.1 Å². The first-order chi connectivity index (χ1) is 7.58. The van der Waals surface area contributed by atoms with Gasteiger partial charge in [0.25, 0.3) is 0 Å². The van der Waals surface area contributed by atoms with Crippen molar-refractivity contribution in [2.24, 2.45) is 0 Å². The smallest absolute Gasteiger partial charge is 0.246 e. The van der Waals surface area contributed by atoms with Gasteiger partial charge in [0.1, 0.15) is 6.54 Å². The normalized spacial score (nSPS) is 16.2. The summed E-state index contributed by atoms with van der Waals surface area (Å²) in [7, 11) is 0. The summed E-state index contributed by atoms with van der Waals surface area (Å²) >= 11 is 6.02. The van der Waals surface area contributed by atoms with Gasteiger partial charge in [0.05, 0.1) is 17.3 Å². The zero-order chi connectivity index (χ0) is 11.7. The van der Waals surface area contributed by atoms with E-state index in [2.05, 4.69) is 5.32 Å². The van der Waals surface area contributed by atoms with Crippen LogP contribution >= 0.6 is 11.6 Å². The first kappa shape index (κ1) is 11.0. The number of hydrogen-bond donors (Lipinski definition) is 1. The Morgan fingerprint density at radius 2 is 2.12 bits per heavy atom. The lowest BCUT2D eigenvalue weighted by atomic mass is 10.2. The molecule has 84 valence electrons. The number of anilines is 1. The van der Waals surface area contributed by atoms with E-state index in [1.165, 1.54) is 4.90 Å². The highest BCUT2D eigenvalue weighted by molar-refractivity contribution is 6.34. The van der Waals surface area contributed by atoms with Crippen LogP contribution in [0.2, 0.25) is 5.02 Å². The van der Waals surface area contributed by atoms with Crippen LogP contribution < -0.4 is 10.2 Å². The average molecular weight is 239 g/mol. The quantitative estimate of drug-likeness (QED) is 0.797. The third-order valence-electron chi connectivity index (χ3n) is 2.43. The molecule has 1 saturated heterocycles. The van der Waals surface area contributed by atoms with Crippen LogP contribution in [0, 0.1) is 6.92 Å². The lowest BCUT2D eigenvalue weighted by Gasteiger charge is -2.27. The van der Waals surface area contributed by atoms with Gasteiger partial charge >= 0.3 is 0 Å². The molecule has 4 nitrogen and oxygen atoms in total. The fourth-order valence-corrected chi connectivity index (χ4v) is 1.83.